The van der Waals surface area contributed by atoms with Crippen molar-refractivity contribution in [1.29, 1.82) is 0 Å². The van der Waals surface area contributed by atoms with E-state index in [1.54, 1.807) is 0 Å². The fourth-order valence-corrected chi connectivity index (χ4v) is 2.61. The van der Waals surface area contributed by atoms with Crippen LogP contribution in [0.3, 0.4) is 0 Å². The Kier molecular flexibility index (Phi) is 4.25. The van der Waals surface area contributed by atoms with Crippen molar-refractivity contribution in [2.45, 2.75) is 26.4 Å². The van der Waals surface area contributed by atoms with Crippen LogP contribution >= 0.6 is 11.6 Å². The van der Waals surface area contributed by atoms with E-state index in [9.17, 15) is 0 Å². The molecule has 112 valence electrons. The van der Waals surface area contributed by atoms with Crippen molar-refractivity contribution < 1.29 is 4.74 Å². The number of hydrogen-bond donors (Lipinski definition) is 0. The second-order valence-electron chi connectivity index (χ2n) is 5.47. The number of nitrogens with zero attached hydrogens (tertiary/aromatic N) is 2. The van der Waals surface area contributed by atoms with Crippen LogP contribution in [0, 0.1) is 0 Å². The largest absolute Gasteiger partial charge is 0.491 e. The van der Waals surface area contributed by atoms with Gasteiger partial charge in [-0.15, -0.1) is 5.10 Å². The first-order chi connectivity index (χ1) is 10.6. The highest BCUT2D eigenvalue weighted by atomic mass is 35.5. The average Bonchev–Trinajstić information content (AvgIpc) is 2.52. The molecule has 0 radical (unpaired) electrons. The highest BCUT2D eigenvalue weighted by Gasteiger charge is 2.08. The summed E-state index contributed by atoms with van der Waals surface area (Å²) in [5.41, 5.74) is 2.09. The minimum atomic E-state index is 0.178. The van der Waals surface area contributed by atoms with Crippen molar-refractivity contribution in [3.05, 3.63) is 64.9 Å². The molecule has 1 aromatic heterocycles. The predicted molar refractivity (Wildman–Crippen MR) is 89.6 cm³/mol. The van der Waals surface area contributed by atoms with E-state index >= 15 is 0 Å². The fraction of sp³-hybridized carbons (Fsp3) is 0.222. The number of halogens is 1. The third kappa shape index (κ3) is 3.20. The number of hydrogen-bond acceptors (Lipinski definition) is 3. The molecule has 0 bridgehead atoms. The maximum absolute atomic E-state index is 6.11. The molecule has 0 aliphatic carbocycles. The molecular formula is C18H17ClN2O. The molecule has 0 unspecified atom stereocenters. The highest BCUT2D eigenvalue weighted by molar-refractivity contribution is 6.34. The van der Waals surface area contributed by atoms with Crippen molar-refractivity contribution in [2.75, 3.05) is 0 Å². The van der Waals surface area contributed by atoms with Crippen LogP contribution in [0.4, 0.5) is 0 Å². The molecule has 0 spiro atoms. The quantitative estimate of drug-likeness (QED) is 0.702. The Morgan fingerprint density at radius 3 is 2.32 bits per heavy atom. The summed E-state index contributed by atoms with van der Waals surface area (Å²) in [6.07, 6.45) is 0.893. The molecule has 0 saturated heterocycles. The van der Waals surface area contributed by atoms with Gasteiger partial charge in [-0.05, 0) is 31.5 Å². The van der Waals surface area contributed by atoms with E-state index in [0.717, 1.165) is 27.8 Å². The van der Waals surface area contributed by atoms with Gasteiger partial charge in [-0.25, -0.2) is 0 Å². The zero-order valence-corrected chi connectivity index (χ0v) is 13.3. The van der Waals surface area contributed by atoms with Gasteiger partial charge in [0.25, 0.3) is 0 Å². The molecule has 0 amide bonds. The Balaban J connectivity index is 1.89. The van der Waals surface area contributed by atoms with Gasteiger partial charge < -0.3 is 4.74 Å². The first-order valence-electron chi connectivity index (χ1n) is 7.29. The molecule has 0 atom stereocenters. The molecule has 4 heteroatoms. The molecule has 0 aliphatic heterocycles. The SMILES string of the molecule is CC(C)Oc1ccc(Cc2nnc(Cl)c3ccccc23)cc1. The number of fused-ring (bicyclic) bond motifs is 1. The van der Waals surface area contributed by atoms with Gasteiger partial charge in [-0.2, -0.15) is 5.10 Å². The molecule has 3 nitrogen and oxygen atoms in total. The molecule has 1 heterocycles. The van der Waals surface area contributed by atoms with E-state index in [-0.39, 0.29) is 6.10 Å². The number of ether oxygens (including phenoxy) is 1. The van der Waals surface area contributed by atoms with Crippen molar-refractivity contribution in [1.82, 2.24) is 10.2 Å². The predicted octanol–water partition coefficient (Wildman–Crippen LogP) is 4.66. The van der Waals surface area contributed by atoms with Gasteiger partial charge in [0.2, 0.25) is 0 Å². The molecule has 0 saturated carbocycles. The van der Waals surface area contributed by atoms with Crippen LogP contribution in [0.25, 0.3) is 10.8 Å². The van der Waals surface area contributed by atoms with E-state index in [1.165, 1.54) is 0 Å². The normalized spacial score (nSPS) is 11.1. The van der Waals surface area contributed by atoms with Crippen LogP contribution in [-0.2, 0) is 6.42 Å². The monoisotopic (exact) mass is 312 g/mol. The first kappa shape index (κ1) is 14.8. The van der Waals surface area contributed by atoms with Gasteiger partial charge in [0.05, 0.1) is 11.8 Å². The fourth-order valence-electron chi connectivity index (χ4n) is 2.41. The van der Waals surface area contributed by atoms with Gasteiger partial charge in [0, 0.05) is 17.2 Å². The standard InChI is InChI=1S/C18H17ClN2O/c1-12(2)22-14-9-7-13(8-10-14)11-17-15-5-3-4-6-16(15)18(19)21-20-17/h3-10,12H,11H2,1-2H3. The molecule has 0 N–H and O–H groups in total. The third-order valence-corrected chi connectivity index (χ3v) is 3.66. The van der Waals surface area contributed by atoms with Crippen LogP contribution in [-0.4, -0.2) is 16.3 Å². The van der Waals surface area contributed by atoms with Crippen LogP contribution in [0.2, 0.25) is 5.15 Å². The smallest absolute Gasteiger partial charge is 0.159 e. The van der Waals surface area contributed by atoms with Crippen LogP contribution in [0.1, 0.15) is 25.1 Å². The molecule has 0 aliphatic rings. The molecule has 3 rings (SSSR count). The zero-order valence-electron chi connectivity index (χ0n) is 12.6. The topological polar surface area (TPSA) is 35.0 Å². The van der Waals surface area contributed by atoms with Crippen molar-refractivity contribution in [3.63, 3.8) is 0 Å². The van der Waals surface area contributed by atoms with E-state index in [0.29, 0.717) is 11.6 Å². The Bertz CT molecular complexity index is 785. The van der Waals surface area contributed by atoms with Gasteiger partial charge in [-0.1, -0.05) is 48.0 Å². The van der Waals surface area contributed by atoms with Gasteiger partial charge >= 0.3 is 0 Å². The van der Waals surface area contributed by atoms with Gasteiger partial charge in [-0.3, -0.25) is 0 Å². The lowest BCUT2D eigenvalue weighted by molar-refractivity contribution is 0.242. The molecular weight excluding hydrogens is 296 g/mol. The summed E-state index contributed by atoms with van der Waals surface area (Å²) in [5, 5.41) is 10.7. The van der Waals surface area contributed by atoms with Crippen molar-refractivity contribution in [2.24, 2.45) is 0 Å². The zero-order chi connectivity index (χ0) is 15.5. The van der Waals surface area contributed by atoms with E-state index in [2.05, 4.69) is 22.3 Å². The average molecular weight is 313 g/mol. The molecule has 22 heavy (non-hydrogen) atoms. The summed E-state index contributed by atoms with van der Waals surface area (Å²) in [6.45, 7) is 4.03. The van der Waals surface area contributed by atoms with Crippen molar-refractivity contribution in [3.8, 4) is 5.75 Å². The van der Waals surface area contributed by atoms with Gasteiger partial charge in [0.15, 0.2) is 5.15 Å². The summed E-state index contributed by atoms with van der Waals surface area (Å²) in [4.78, 5) is 0. The maximum Gasteiger partial charge on any atom is 0.159 e. The summed E-state index contributed by atoms with van der Waals surface area (Å²) in [5.74, 6) is 0.880. The van der Waals surface area contributed by atoms with Crippen molar-refractivity contribution >= 4 is 22.4 Å². The molecule has 3 aromatic rings. The van der Waals surface area contributed by atoms with Crippen LogP contribution < -0.4 is 4.74 Å². The summed E-state index contributed by atoms with van der Waals surface area (Å²) in [7, 11) is 0. The lowest BCUT2D eigenvalue weighted by Gasteiger charge is -2.10. The highest BCUT2D eigenvalue weighted by Crippen LogP contribution is 2.24. The minimum Gasteiger partial charge on any atom is -0.491 e. The minimum absolute atomic E-state index is 0.178. The third-order valence-electron chi connectivity index (χ3n) is 3.39. The first-order valence-corrected chi connectivity index (χ1v) is 7.66. The molecule has 2 aromatic carbocycles. The van der Waals surface area contributed by atoms with Crippen LogP contribution in [0.15, 0.2) is 48.5 Å². The van der Waals surface area contributed by atoms with E-state index in [4.69, 9.17) is 16.3 Å². The van der Waals surface area contributed by atoms with Gasteiger partial charge in [0.1, 0.15) is 5.75 Å². The number of benzene rings is 2. The Morgan fingerprint density at radius 2 is 1.64 bits per heavy atom. The van der Waals surface area contributed by atoms with E-state index < -0.39 is 0 Å². The lowest BCUT2D eigenvalue weighted by atomic mass is 10.0. The second-order valence-corrected chi connectivity index (χ2v) is 5.83. The lowest BCUT2D eigenvalue weighted by Crippen LogP contribution is -2.05. The Hall–Kier alpha value is -2.13. The Morgan fingerprint density at radius 1 is 0.955 bits per heavy atom. The van der Waals surface area contributed by atoms with E-state index in [1.807, 2.05) is 50.2 Å². The van der Waals surface area contributed by atoms with Crippen LogP contribution in [0.5, 0.6) is 5.75 Å². The summed E-state index contributed by atoms with van der Waals surface area (Å²) >= 11 is 6.11. The summed E-state index contributed by atoms with van der Waals surface area (Å²) < 4.78 is 5.66. The number of aromatic nitrogens is 2. The maximum atomic E-state index is 6.11. The second kappa shape index (κ2) is 6.32. The molecule has 0 fully saturated rings. The Labute approximate surface area is 134 Å². The number of rotatable bonds is 4. The summed E-state index contributed by atoms with van der Waals surface area (Å²) in [6, 6.07) is 16.0.